The van der Waals surface area contributed by atoms with Crippen LogP contribution < -0.4 is 0 Å². The van der Waals surface area contributed by atoms with E-state index in [0.29, 0.717) is 28.1 Å². The molecule has 38 heavy (non-hydrogen) atoms. The highest BCUT2D eigenvalue weighted by Gasteiger charge is 2.33. The predicted molar refractivity (Wildman–Crippen MR) is 146 cm³/mol. The summed E-state index contributed by atoms with van der Waals surface area (Å²) >= 11 is 1.51. The van der Waals surface area contributed by atoms with Crippen LogP contribution in [-0.2, 0) is 0 Å². The van der Waals surface area contributed by atoms with Crippen molar-refractivity contribution in [1.29, 1.82) is 15.8 Å². The van der Waals surface area contributed by atoms with Gasteiger partial charge in [-0.1, -0.05) is 54.6 Å². The van der Waals surface area contributed by atoms with Crippen molar-refractivity contribution in [2.24, 2.45) is 0 Å². The Labute approximate surface area is 221 Å². The number of carbonyl (C=O) groups is 1. The molecule has 6 rings (SSSR count). The summed E-state index contributed by atoms with van der Waals surface area (Å²) in [6, 6.07) is 32.2. The molecule has 0 amide bonds. The lowest BCUT2D eigenvalue weighted by atomic mass is 9.99. The molecular formula is C31H15N5OS. The first-order chi connectivity index (χ1) is 18.6. The monoisotopic (exact) mass is 505 g/mol. The summed E-state index contributed by atoms with van der Waals surface area (Å²) in [4.78, 5) is 20.1. The molecule has 0 atom stereocenters. The summed E-state index contributed by atoms with van der Waals surface area (Å²) in [7, 11) is 0. The first-order valence-electron chi connectivity index (χ1n) is 11.6. The Morgan fingerprint density at radius 2 is 1.55 bits per heavy atom. The molecule has 0 spiro atoms. The second-order valence-corrected chi connectivity index (χ2v) is 9.57. The predicted octanol–water partition coefficient (Wildman–Crippen LogP) is 6.71. The zero-order chi connectivity index (χ0) is 26.2. The van der Waals surface area contributed by atoms with E-state index in [1.807, 2.05) is 65.2 Å². The van der Waals surface area contributed by atoms with E-state index in [4.69, 9.17) is 10.2 Å². The number of allylic oxidation sites excluding steroid dienone is 3. The third-order valence-electron chi connectivity index (χ3n) is 6.39. The molecule has 1 aliphatic carbocycles. The first-order valence-corrected chi connectivity index (χ1v) is 12.4. The average Bonchev–Trinajstić information content (AvgIpc) is 3.60. The van der Waals surface area contributed by atoms with E-state index in [0.717, 1.165) is 26.5 Å². The van der Waals surface area contributed by atoms with Crippen molar-refractivity contribution in [2.75, 3.05) is 0 Å². The minimum Gasteiger partial charge on any atom is -0.292 e. The highest BCUT2D eigenvalue weighted by atomic mass is 32.1. The van der Waals surface area contributed by atoms with Gasteiger partial charge in [0.1, 0.15) is 28.4 Å². The summed E-state index contributed by atoms with van der Waals surface area (Å²) in [5.41, 5.74) is 4.82. The van der Waals surface area contributed by atoms with Crippen LogP contribution in [0.15, 0.2) is 96.1 Å². The molecule has 2 heterocycles. The number of benzene rings is 3. The van der Waals surface area contributed by atoms with Gasteiger partial charge in [-0.15, -0.1) is 11.3 Å². The van der Waals surface area contributed by atoms with Crippen LogP contribution in [0.5, 0.6) is 0 Å². The Morgan fingerprint density at radius 1 is 0.868 bits per heavy atom. The molecular weight excluding hydrogens is 490 g/mol. The van der Waals surface area contributed by atoms with Crippen LogP contribution in [0, 0.1) is 34.0 Å². The molecule has 0 unspecified atom stereocenters. The van der Waals surface area contributed by atoms with Crippen LogP contribution in [0.1, 0.15) is 27.3 Å². The lowest BCUT2D eigenvalue weighted by molar-refractivity contribution is 0.104. The smallest absolute Gasteiger partial charge is 0.194 e. The molecule has 0 fully saturated rings. The maximum atomic E-state index is 13.5. The van der Waals surface area contributed by atoms with Crippen molar-refractivity contribution < 1.29 is 4.79 Å². The Kier molecular flexibility index (Phi) is 5.51. The lowest BCUT2D eigenvalue weighted by Crippen LogP contribution is -2.01. The van der Waals surface area contributed by atoms with E-state index in [9.17, 15) is 15.3 Å². The number of aromatic nitrogens is 2. The third-order valence-corrected chi connectivity index (χ3v) is 7.46. The topological polar surface area (TPSA) is 106 Å². The number of thiophene rings is 1. The Bertz CT molecular complexity index is 1940. The van der Waals surface area contributed by atoms with Gasteiger partial charge in [0.15, 0.2) is 5.78 Å². The number of para-hydroxylation sites is 1. The average molecular weight is 506 g/mol. The molecule has 0 bridgehead atoms. The number of ketones is 1. The zero-order valence-corrected chi connectivity index (χ0v) is 20.5. The van der Waals surface area contributed by atoms with Gasteiger partial charge < -0.3 is 0 Å². The summed E-state index contributed by atoms with van der Waals surface area (Å²) in [5, 5.41) is 28.4. The number of carbonyl (C=O) groups excluding carboxylic acids is 1. The Balaban J connectivity index is 1.58. The van der Waals surface area contributed by atoms with Crippen LogP contribution in [-0.4, -0.2) is 15.3 Å². The van der Waals surface area contributed by atoms with Crippen molar-refractivity contribution in [2.45, 2.75) is 0 Å². The number of imidazole rings is 1. The van der Waals surface area contributed by atoms with E-state index in [2.05, 4.69) is 6.07 Å². The van der Waals surface area contributed by atoms with Crippen molar-refractivity contribution in [3.8, 4) is 34.3 Å². The molecule has 0 aliphatic heterocycles. The van der Waals surface area contributed by atoms with Crippen LogP contribution in [0.3, 0.4) is 0 Å². The largest absolute Gasteiger partial charge is 0.292 e. The number of hydrogen-bond acceptors (Lipinski definition) is 6. The molecule has 7 heteroatoms. The van der Waals surface area contributed by atoms with E-state index < -0.39 is 0 Å². The minimum absolute atomic E-state index is 0.114. The van der Waals surface area contributed by atoms with Gasteiger partial charge in [-0.2, -0.15) is 15.8 Å². The number of rotatable bonds is 3. The number of fused-ring (bicyclic) bond motifs is 2. The second-order valence-electron chi connectivity index (χ2n) is 8.54. The maximum Gasteiger partial charge on any atom is 0.194 e. The number of hydrogen-bond donors (Lipinski definition) is 0. The number of nitriles is 3. The van der Waals surface area contributed by atoms with E-state index in [-0.39, 0.29) is 16.9 Å². The molecule has 3 aromatic carbocycles. The fraction of sp³-hybridized carbons (Fsp3) is 0. The van der Waals surface area contributed by atoms with Crippen molar-refractivity contribution in [1.82, 2.24) is 9.55 Å². The van der Waals surface area contributed by atoms with Gasteiger partial charge >= 0.3 is 0 Å². The maximum absolute atomic E-state index is 13.5. The van der Waals surface area contributed by atoms with Gasteiger partial charge in [-0.25, -0.2) is 4.98 Å². The summed E-state index contributed by atoms with van der Waals surface area (Å²) in [5.74, 6) is 0.274. The zero-order valence-electron chi connectivity index (χ0n) is 19.7. The molecule has 0 saturated carbocycles. The lowest BCUT2D eigenvalue weighted by Gasteiger charge is -2.08. The molecule has 6 nitrogen and oxygen atoms in total. The quantitative estimate of drug-likeness (QED) is 0.200. The normalized spacial score (nSPS) is 13.2. The van der Waals surface area contributed by atoms with E-state index >= 15 is 0 Å². The first kappa shape index (κ1) is 22.9. The van der Waals surface area contributed by atoms with Crippen molar-refractivity contribution in [3.05, 3.63) is 119 Å². The summed E-state index contributed by atoms with van der Waals surface area (Å²) in [6.07, 6.45) is 1.67. The third kappa shape index (κ3) is 3.62. The molecule has 176 valence electrons. The minimum atomic E-state index is -0.247. The van der Waals surface area contributed by atoms with Crippen LogP contribution in [0.4, 0.5) is 0 Å². The van der Waals surface area contributed by atoms with E-state index in [1.54, 1.807) is 42.5 Å². The van der Waals surface area contributed by atoms with Crippen molar-refractivity contribution >= 4 is 39.1 Å². The van der Waals surface area contributed by atoms with Crippen molar-refractivity contribution in [3.63, 3.8) is 0 Å². The second kappa shape index (κ2) is 9.15. The summed E-state index contributed by atoms with van der Waals surface area (Å²) < 4.78 is 1.97. The van der Waals surface area contributed by atoms with Crippen LogP contribution >= 0.6 is 11.3 Å². The number of Topliss-reactive ketones (excluding diaryl/α,β-unsaturated/α-hetero) is 1. The molecule has 0 N–H and O–H groups in total. The van der Waals surface area contributed by atoms with Gasteiger partial charge in [0.2, 0.25) is 0 Å². The SMILES string of the molecule is N#CC(C#N)=C1/C(=C/c2nc3sc(-c4ccc(C#N)cc4)cc3n2-c2ccccc2)C(=O)c2ccccc21. The number of nitrogens with zero attached hydrogens (tertiary/aromatic N) is 5. The fourth-order valence-electron chi connectivity index (χ4n) is 4.66. The van der Waals surface area contributed by atoms with Crippen LogP contribution in [0.2, 0.25) is 0 Å². The molecule has 0 radical (unpaired) electrons. The van der Waals surface area contributed by atoms with Crippen LogP contribution in [0.25, 0.3) is 38.1 Å². The fourth-order valence-corrected chi connectivity index (χ4v) is 5.69. The molecule has 0 saturated heterocycles. The molecule has 2 aromatic heterocycles. The van der Waals surface area contributed by atoms with Gasteiger partial charge in [0.05, 0.1) is 17.1 Å². The van der Waals surface area contributed by atoms with Gasteiger partial charge in [0, 0.05) is 27.3 Å². The van der Waals surface area contributed by atoms with E-state index in [1.165, 1.54) is 11.3 Å². The summed E-state index contributed by atoms with van der Waals surface area (Å²) in [6.45, 7) is 0. The van der Waals surface area contributed by atoms with Gasteiger partial charge in [-0.05, 0) is 47.5 Å². The Hall–Kier alpha value is -5.55. The Morgan fingerprint density at radius 3 is 2.24 bits per heavy atom. The highest BCUT2D eigenvalue weighted by molar-refractivity contribution is 7.21. The molecule has 1 aliphatic rings. The van der Waals surface area contributed by atoms with Gasteiger partial charge in [-0.3, -0.25) is 9.36 Å². The van der Waals surface area contributed by atoms with Gasteiger partial charge in [0.25, 0.3) is 0 Å². The standard InChI is InChI=1S/C31H15N5OS/c32-16-19-10-12-20(13-11-19)27-15-26-31(38-27)35-28(36(26)22-6-2-1-3-7-22)14-25-29(21(17-33)18-34)23-8-4-5-9-24(23)30(25)37/h1-15H/b25-14-. The molecule has 5 aromatic rings. The highest BCUT2D eigenvalue weighted by Crippen LogP contribution is 2.41.